The molecule has 5 rings (SSSR count). The molecule has 3 unspecified atom stereocenters. The van der Waals surface area contributed by atoms with Crippen molar-refractivity contribution < 1.29 is 28.6 Å². The summed E-state index contributed by atoms with van der Waals surface area (Å²) in [5.74, 6) is 6.94. The van der Waals surface area contributed by atoms with E-state index < -0.39 is 12.1 Å². The van der Waals surface area contributed by atoms with Gasteiger partial charge in [-0.1, -0.05) is 84.1 Å². The average molecular weight is 710 g/mol. The van der Waals surface area contributed by atoms with Gasteiger partial charge in [-0.3, -0.25) is 0 Å². The van der Waals surface area contributed by atoms with Crippen LogP contribution in [-0.2, 0) is 15.9 Å². The number of fused-ring (bicyclic) bond motifs is 1. The molecule has 0 spiro atoms. The van der Waals surface area contributed by atoms with Crippen molar-refractivity contribution in [3.8, 4) is 17.6 Å². The Morgan fingerprint density at radius 3 is 2.57 bits per heavy atom. The number of carbonyl (C=O) groups excluding carboxylic acids is 1. The predicted octanol–water partition coefficient (Wildman–Crippen LogP) is 10.0. The Morgan fingerprint density at radius 1 is 1.02 bits per heavy atom. The number of allylic oxidation sites excluding steroid dienone is 1. The van der Waals surface area contributed by atoms with Gasteiger partial charge in [0.1, 0.15) is 11.9 Å². The summed E-state index contributed by atoms with van der Waals surface area (Å²) in [6.45, 7) is 7.76. The van der Waals surface area contributed by atoms with Crippen molar-refractivity contribution in [2.24, 2.45) is 11.1 Å². The molecule has 0 amide bonds. The lowest BCUT2D eigenvalue weighted by Crippen LogP contribution is -2.22. The van der Waals surface area contributed by atoms with Crippen LogP contribution in [0.4, 0.5) is 4.39 Å². The number of hydrogen-bond acceptors (Lipinski definition) is 6. The number of carbonyl (C=O) groups is 1. The maximum Gasteiger partial charge on any atom is 0.338 e. The molecule has 266 valence electrons. The third-order valence-corrected chi connectivity index (χ3v) is 9.91. The molecule has 51 heavy (non-hydrogen) atoms. The first-order chi connectivity index (χ1) is 24.8. The van der Waals surface area contributed by atoms with Gasteiger partial charge in [-0.2, -0.15) is 0 Å². The first-order valence-corrected chi connectivity index (χ1v) is 17.9. The molecule has 6 nitrogen and oxygen atoms in total. The molecule has 1 fully saturated rings. The quantitative estimate of drug-likeness (QED) is 0.0284. The Labute approximate surface area is 305 Å². The molecule has 0 aromatic heterocycles. The van der Waals surface area contributed by atoms with Crippen molar-refractivity contribution in [1.82, 2.24) is 0 Å². The molecule has 8 heteroatoms. The number of esters is 1. The van der Waals surface area contributed by atoms with Gasteiger partial charge in [-0.25, -0.2) is 9.18 Å². The molecule has 1 N–H and O–H groups in total. The number of hydrogen-bond donors (Lipinski definition) is 1. The SMILES string of the molecule is C/C=C/COCCCOc1ccc(CCOC(=O)c2ccc(C#Cc3ccc4cc(C5CCC(C)C(F)C5)ccc4c3Cl)c(C)c2C=NO)cc1. The van der Waals surface area contributed by atoms with Gasteiger partial charge in [-0.05, 0) is 97.4 Å². The van der Waals surface area contributed by atoms with Crippen LogP contribution in [0.15, 0.2) is 84.0 Å². The second-order valence-electron chi connectivity index (χ2n) is 13.0. The fraction of sp³-hybridized carbons (Fsp3) is 0.349. The zero-order valence-electron chi connectivity index (χ0n) is 29.5. The molecule has 1 saturated carbocycles. The average Bonchev–Trinajstić information content (AvgIpc) is 3.14. The van der Waals surface area contributed by atoms with Crippen LogP contribution in [-0.4, -0.2) is 50.0 Å². The molecule has 4 aromatic carbocycles. The summed E-state index contributed by atoms with van der Waals surface area (Å²) in [5.41, 5.74) is 4.84. The lowest BCUT2D eigenvalue weighted by molar-refractivity contribution is 0.0509. The predicted molar refractivity (Wildman–Crippen MR) is 202 cm³/mol. The molecule has 4 aromatic rings. The van der Waals surface area contributed by atoms with E-state index in [-0.39, 0.29) is 24.0 Å². The number of ether oxygens (including phenoxy) is 3. The van der Waals surface area contributed by atoms with E-state index in [1.54, 1.807) is 12.1 Å². The first-order valence-electron chi connectivity index (χ1n) is 17.6. The summed E-state index contributed by atoms with van der Waals surface area (Å²) < 4.78 is 31.3. The fourth-order valence-corrected chi connectivity index (χ4v) is 6.60. The van der Waals surface area contributed by atoms with Crippen molar-refractivity contribution in [2.45, 2.75) is 65.0 Å². The highest BCUT2D eigenvalue weighted by molar-refractivity contribution is 6.36. The summed E-state index contributed by atoms with van der Waals surface area (Å²) in [6, 6.07) is 21.2. The third-order valence-electron chi connectivity index (χ3n) is 9.50. The van der Waals surface area contributed by atoms with Crippen LogP contribution >= 0.6 is 11.6 Å². The molecule has 0 bridgehead atoms. The normalized spacial score (nSPS) is 17.5. The third kappa shape index (κ3) is 10.00. The first kappa shape index (κ1) is 37.6. The summed E-state index contributed by atoms with van der Waals surface area (Å²) in [5, 5.41) is 15.0. The van der Waals surface area contributed by atoms with Crippen LogP contribution in [0, 0.1) is 24.7 Å². The van der Waals surface area contributed by atoms with Gasteiger partial charge < -0.3 is 19.4 Å². The summed E-state index contributed by atoms with van der Waals surface area (Å²) >= 11 is 6.83. The maximum absolute atomic E-state index is 14.4. The van der Waals surface area contributed by atoms with Crippen LogP contribution in [0.1, 0.15) is 89.2 Å². The minimum atomic E-state index is -0.766. The van der Waals surface area contributed by atoms with Crippen LogP contribution in [0.2, 0.25) is 5.02 Å². The van der Waals surface area contributed by atoms with Gasteiger partial charge in [0, 0.05) is 34.9 Å². The Kier molecular flexibility index (Phi) is 13.7. The largest absolute Gasteiger partial charge is 0.494 e. The maximum atomic E-state index is 14.4. The molecule has 0 saturated heterocycles. The van der Waals surface area contributed by atoms with E-state index in [2.05, 4.69) is 29.1 Å². The van der Waals surface area contributed by atoms with Crippen molar-refractivity contribution in [1.29, 1.82) is 0 Å². The van der Waals surface area contributed by atoms with Crippen molar-refractivity contribution in [3.05, 3.63) is 123 Å². The van der Waals surface area contributed by atoms with E-state index in [1.165, 1.54) is 6.21 Å². The van der Waals surface area contributed by atoms with E-state index in [1.807, 2.05) is 75.4 Å². The monoisotopic (exact) mass is 709 g/mol. The highest BCUT2D eigenvalue weighted by atomic mass is 35.5. The van der Waals surface area contributed by atoms with Gasteiger partial charge in [-0.15, -0.1) is 0 Å². The van der Waals surface area contributed by atoms with Gasteiger partial charge in [0.25, 0.3) is 0 Å². The number of alkyl halides is 1. The number of halogens is 2. The lowest BCUT2D eigenvalue weighted by atomic mass is 9.78. The Bertz CT molecular complexity index is 1930. The van der Waals surface area contributed by atoms with Crippen LogP contribution in [0.25, 0.3) is 10.8 Å². The number of benzene rings is 4. The van der Waals surface area contributed by atoms with E-state index in [0.29, 0.717) is 59.9 Å². The molecule has 0 radical (unpaired) electrons. The van der Waals surface area contributed by atoms with Crippen LogP contribution in [0.5, 0.6) is 5.75 Å². The smallest absolute Gasteiger partial charge is 0.338 e. The Morgan fingerprint density at radius 2 is 1.80 bits per heavy atom. The zero-order valence-corrected chi connectivity index (χ0v) is 30.2. The molecule has 0 aliphatic heterocycles. The van der Waals surface area contributed by atoms with E-state index in [4.69, 9.17) is 25.8 Å². The van der Waals surface area contributed by atoms with Gasteiger partial charge in [0.15, 0.2) is 0 Å². The van der Waals surface area contributed by atoms with E-state index in [0.717, 1.165) is 46.9 Å². The van der Waals surface area contributed by atoms with E-state index in [9.17, 15) is 14.4 Å². The Balaban J connectivity index is 1.20. The molecule has 1 aliphatic rings. The molecule has 1 aliphatic carbocycles. The van der Waals surface area contributed by atoms with Crippen molar-refractivity contribution in [3.63, 3.8) is 0 Å². The fourth-order valence-electron chi connectivity index (χ4n) is 6.32. The molecular weight excluding hydrogens is 665 g/mol. The molecule has 3 atom stereocenters. The number of nitrogens with zero attached hydrogens (tertiary/aromatic N) is 1. The minimum Gasteiger partial charge on any atom is -0.494 e. The highest BCUT2D eigenvalue weighted by Gasteiger charge is 2.28. The second kappa shape index (κ2) is 18.6. The zero-order chi connectivity index (χ0) is 36.2. The summed E-state index contributed by atoms with van der Waals surface area (Å²) in [7, 11) is 0. The summed E-state index contributed by atoms with van der Waals surface area (Å²) in [6.07, 6.45) is 8.16. The van der Waals surface area contributed by atoms with Crippen molar-refractivity contribution in [2.75, 3.05) is 26.4 Å². The molecule has 0 heterocycles. The number of oxime groups is 1. The second-order valence-corrected chi connectivity index (χ2v) is 13.4. The Hall–Kier alpha value is -4.64. The van der Waals surface area contributed by atoms with Crippen LogP contribution < -0.4 is 4.74 Å². The standard InChI is InChI=1S/C43H45ClFNO5/c1-4-5-22-49-23-6-24-50-37-17-8-31(9-18-37)21-25-51-43(47)39-20-15-32(30(3)40(39)28-46-48)11-12-33-13-14-36-26-34(16-19-38(36)42(33)44)35-10-7-29(2)41(45)27-35/h4-5,8-9,13-20,26,28-29,35,41,48H,6-7,10,21-25,27H2,1-3H3/b5-4+,46-28?. The van der Waals surface area contributed by atoms with E-state index >= 15 is 0 Å². The van der Waals surface area contributed by atoms with Gasteiger partial charge in [0.05, 0.1) is 43.2 Å². The van der Waals surface area contributed by atoms with Crippen molar-refractivity contribution >= 4 is 34.6 Å². The van der Waals surface area contributed by atoms with Gasteiger partial charge >= 0.3 is 5.97 Å². The molecular formula is C43H45ClFNO5. The van der Waals surface area contributed by atoms with Gasteiger partial charge in [0.2, 0.25) is 0 Å². The topological polar surface area (TPSA) is 77.4 Å². The van der Waals surface area contributed by atoms with Crippen LogP contribution in [0.3, 0.4) is 0 Å². The lowest BCUT2D eigenvalue weighted by Gasteiger charge is -2.30. The highest BCUT2D eigenvalue weighted by Crippen LogP contribution is 2.39. The number of rotatable bonds is 13. The minimum absolute atomic E-state index is 0.119. The summed E-state index contributed by atoms with van der Waals surface area (Å²) in [4.78, 5) is 13.1.